The minimum atomic E-state index is -0.367. The lowest BCUT2D eigenvalue weighted by molar-refractivity contribution is -0.122. The highest BCUT2D eigenvalue weighted by Crippen LogP contribution is 2.43. The number of carbonyl (C=O) groups excluding carboxylic acids is 1. The van der Waals surface area contributed by atoms with Crippen molar-refractivity contribution < 1.29 is 4.79 Å². The molecule has 2 rings (SSSR count). The van der Waals surface area contributed by atoms with Crippen molar-refractivity contribution in [2.45, 2.75) is 46.0 Å². The van der Waals surface area contributed by atoms with Crippen LogP contribution in [0.4, 0.5) is 5.69 Å². The van der Waals surface area contributed by atoms with E-state index < -0.39 is 0 Å². The second-order valence-corrected chi connectivity index (χ2v) is 5.40. The predicted molar refractivity (Wildman–Crippen MR) is 71.5 cm³/mol. The molecule has 0 bridgehead atoms. The van der Waals surface area contributed by atoms with Gasteiger partial charge >= 0.3 is 0 Å². The number of fused-ring (bicyclic) bond motifs is 1. The van der Waals surface area contributed by atoms with E-state index in [9.17, 15) is 4.79 Å². The molecule has 2 nitrogen and oxygen atoms in total. The fraction of sp³-hybridized carbons (Fsp3) is 0.533. The topological polar surface area (TPSA) is 20.3 Å². The SMILES string of the molecule is CCCCN1C(=O)C(C)(C)c2c(C)cccc21. The second-order valence-electron chi connectivity index (χ2n) is 5.40. The molecule has 0 N–H and O–H groups in total. The number of hydrogen-bond acceptors (Lipinski definition) is 1. The first-order valence-electron chi connectivity index (χ1n) is 6.42. The first kappa shape index (κ1) is 12.2. The van der Waals surface area contributed by atoms with Crippen LogP contribution in [0.1, 0.15) is 44.7 Å². The third kappa shape index (κ3) is 1.76. The van der Waals surface area contributed by atoms with E-state index in [1.165, 1.54) is 11.1 Å². The average Bonchev–Trinajstić information content (AvgIpc) is 2.47. The molecule has 0 spiro atoms. The van der Waals surface area contributed by atoms with Gasteiger partial charge in [-0.1, -0.05) is 25.5 Å². The minimum Gasteiger partial charge on any atom is -0.311 e. The Bertz CT molecular complexity index is 448. The molecule has 1 aliphatic rings. The molecule has 1 amide bonds. The van der Waals surface area contributed by atoms with Gasteiger partial charge in [-0.15, -0.1) is 0 Å². The van der Waals surface area contributed by atoms with Crippen molar-refractivity contribution >= 4 is 11.6 Å². The van der Waals surface area contributed by atoms with E-state index >= 15 is 0 Å². The first-order valence-corrected chi connectivity index (χ1v) is 6.42. The molecule has 1 aromatic rings. The molecule has 0 atom stereocenters. The van der Waals surface area contributed by atoms with Gasteiger partial charge in [0.15, 0.2) is 0 Å². The summed E-state index contributed by atoms with van der Waals surface area (Å²) in [5.41, 5.74) is 3.18. The molecule has 0 aliphatic carbocycles. The number of carbonyl (C=O) groups is 1. The van der Waals surface area contributed by atoms with Gasteiger partial charge in [0.05, 0.1) is 5.41 Å². The minimum absolute atomic E-state index is 0.246. The molecular weight excluding hydrogens is 210 g/mol. The molecule has 1 aliphatic heterocycles. The third-order valence-electron chi connectivity index (χ3n) is 3.68. The molecule has 1 heterocycles. The van der Waals surface area contributed by atoms with Crippen LogP contribution in [0.2, 0.25) is 0 Å². The Labute approximate surface area is 104 Å². The summed E-state index contributed by atoms with van der Waals surface area (Å²) in [6, 6.07) is 6.21. The molecule has 0 unspecified atom stereocenters. The quantitative estimate of drug-likeness (QED) is 0.780. The number of aryl methyl sites for hydroxylation is 1. The normalized spacial score (nSPS) is 17.4. The molecule has 0 saturated heterocycles. The van der Waals surface area contributed by atoms with Crippen molar-refractivity contribution in [1.82, 2.24) is 0 Å². The van der Waals surface area contributed by atoms with Crippen LogP contribution in [0.3, 0.4) is 0 Å². The fourth-order valence-corrected chi connectivity index (χ4v) is 2.78. The van der Waals surface area contributed by atoms with Crippen LogP contribution in [0.25, 0.3) is 0 Å². The van der Waals surface area contributed by atoms with Gasteiger partial charge in [0.25, 0.3) is 0 Å². The Morgan fingerprint density at radius 3 is 2.65 bits per heavy atom. The van der Waals surface area contributed by atoms with Gasteiger partial charge in [-0.3, -0.25) is 4.79 Å². The Hall–Kier alpha value is -1.31. The van der Waals surface area contributed by atoms with Crippen molar-refractivity contribution in [3.05, 3.63) is 29.3 Å². The van der Waals surface area contributed by atoms with E-state index in [0.29, 0.717) is 0 Å². The lowest BCUT2D eigenvalue weighted by Gasteiger charge is -2.20. The average molecular weight is 231 g/mol. The maximum absolute atomic E-state index is 12.5. The van der Waals surface area contributed by atoms with Crippen LogP contribution in [0.15, 0.2) is 18.2 Å². The molecular formula is C15H21NO. The molecule has 1 aromatic carbocycles. The largest absolute Gasteiger partial charge is 0.311 e. The van der Waals surface area contributed by atoms with Crippen molar-refractivity contribution in [3.8, 4) is 0 Å². The van der Waals surface area contributed by atoms with Crippen LogP contribution >= 0.6 is 0 Å². The number of rotatable bonds is 3. The highest BCUT2D eigenvalue weighted by atomic mass is 16.2. The zero-order valence-electron chi connectivity index (χ0n) is 11.2. The molecule has 0 saturated carbocycles. The van der Waals surface area contributed by atoms with Crippen LogP contribution in [-0.2, 0) is 10.2 Å². The van der Waals surface area contributed by atoms with Crippen molar-refractivity contribution in [2.24, 2.45) is 0 Å². The fourth-order valence-electron chi connectivity index (χ4n) is 2.78. The molecule has 17 heavy (non-hydrogen) atoms. The smallest absolute Gasteiger partial charge is 0.237 e. The molecule has 2 heteroatoms. The summed E-state index contributed by atoms with van der Waals surface area (Å²) in [4.78, 5) is 14.4. The summed E-state index contributed by atoms with van der Waals surface area (Å²) in [5.74, 6) is 0.246. The molecule has 92 valence electrons. The molecule has 0 fully saturated rings. The molecule has 0 aromatic heterocycles. The number of unbranched alkanes of at least 4 members (excludes halogenated alkanes) is 1. The number of nitrogens with zero attached hydrogens (tertiary/aromatic N) is 1. The van der Waals surface area contributed by atoms with E-state index in [2.05, 4.69) is 26.0 Å². The number of benzene rings is 1. The maximum Gasteiger partial charge on any atom is 0.237 e. The van der Waals surface area contributed by atoms with Crippen LogP contribution in [0, 0.1) is 6.92 Å². The summed E-state index contributed by atoms with van der Waals surface area (Å²) < 4.78 is 0. The van der Waals surface area contributed by atoms with E-state index in [4.69, 9.17) is 0 Å². The van der Waals surface area contributed by atoms with Crippen LogP contribution in [-0.4, -0.2) is 12.5 Å². The second kappa shape index (κ2) is 4.17. The van der Waals surface area contributed by atoms with Gasteiger partial charge in [-0.2, -0.15) is 0 Å². The Kier molecular flexibility index (Phi) is 2.98. The molecule has 0 radical (unpaired) electrons. The zero-order chi connectivity index (χ0) is 12.6. The third-order valence-corrected chi connectivity index (χ3v) is 3.68. The Morgan fingerprint density at radius 1 is 1.29 bits per heavy atom. The highest BCUT2D eigenvalue weighted by molar-refractivity contribution is 6.08. The van der Waals surface area contributed by atoms with Gasteiger partial charge in [0.2, 0.25) is 5.91 Å². The summed E-state index contributed by atoms with van der Waals surface area (Å²) in [5, 5.41) is 0. The standard InChI is InChI=1S/C15H21NO/c1-5-6-10-16-12-9-7-8-11(2)13(12)15(3,4)14(16)17/h7-9H,5-6,10H2,1-4H3. The summed E-state index contributed by atoms with van der Waals surface area (Å²) in [6.45, 7) is 9.16. The zero-order valence-corrected chi connectivity index (χ0v) is 11.2. The van der Waals surface area contributed by atoms with E-state index in [1.807, 2.05) is 24.8 Å². The van der Waals surface area contributed by atoms with Gasteiger partial charge in [-0.05, 0) is 44.4 Å². The van der Waals surface area contributed by atoms with Crippen molar-refractivity contribution in [2.75, 3.05) is 11.4 Å². The van der Waals surface area contributed by atoms with E-state index in [-0.39, 0.29) is 11.3 Å². The highest BCUT2D eigenvalue weighted by Gasteiger charge is 2.44. The van der Waals surface area contributed by atoms with Gasteiger partial charge in [0.1, 0.15) is 0 Å². The Balaban J connectivity index is 2.48. The first-order chi connectivity index (χ1) is 8.00. The summed E-state index contributed by atoms with van der Waals surface area (Å²) in [7, 11) is 0. The van der Waals surface area contributed by atoms with E-state index in [0.717, 1.165) is 25.1 Å². The lowest BCUT2D eigenvalue weighted by Crippen LogP contribution is -2.36. The number of anilines is 1. The summed E-state index contributed by atoms with van der Waals surface area (Å²) in [6.07, 6.45) is 2.18. The summed E-state index contributed by atoms with van der Waals surface area (Å²) >= 11 is 0. The van der Waals surface area contributed by atoms with Gasteiger partial charge in [0, 0.05) is 12.2 Å². The van der Waals surface area contributed by atoms with Gasteiger partial charge < -0.3 is 4.90 Å². The lowest BCUT2D eigenvalue weighted by atomic mass is 9.83. The maximum atomic E-state index is 12.5. The Morgan fingerprint density at radius 2 is 2.00 bits per heavy atom. The van der Waals surface area contributed by atoms with Crippen molar-refractivity contribution in [1.29, 1.82) is 0 Å². The van der Waals surface area contributed by atoms with Crippen LogP contribution in [0.5, 0.6) is 0 Å². The monoisotopic (exact) mass is 231 g/mol. The number of amides is 1. The van der Waals surface area contributed by atoms with Crippen LogP contribution < -0.4 is 4.90 Å². The van der Waals surface area contributed by atoms with Gasteiger partial charge in [-0.25, -0.2) is 0 Å². The van der Waals surface area contributed by atoms with Crippen molar-refractivity contribution in [3.63, 3.8) is 0 Å². The predicted octanol–water partition coefficient (Wildman–Crippen LogP) is 3.42. The number of hydrogen-bond donors (Lipinski definition) is 0. The van der Waals surface area contributed by atoms with E-state index in [1.54, 1.807) is 0 Å².